The maximum Gasteiger partial charge on any atom is 0.108 e. The van der Waals surface area contributed by atoms with Gasteiger partial charge in [0.1, 0.15) is 6.61 Å². The molecule has 0 atom stereocenters. The van der Waals surface area contributed by atoms with Gasteiger partial charge in [0.25, 0.3) is 0 Å². The molecule has 0 saturated heterocycles. The first-order chi connectivity index (χ1) is 6.31. The van der Waals surface area contributed by atoms with Gasteiger partial charge in [0.2, 0.25) is 0 Å². The summed E-state index contributed by atoms with van der Waals surface area (Å²) < 4.78 is 0.969. The van der Waals surface area contributed by atoms with Crippen LogP contribution in [0.25, 0.3) is 10.8 Å². The van der Waals surface area contributed by atoms with Gasteiger partial charge in [-0.1, -0.05) is 40.2 Å². The highest BCUT2D eigenvalue weighted by atomic mass is 79.9. The smallest absolute Gasteiger partial charge is 0.108 e. The largest absolute Gasteiger partial charge is 0.232 e. The lowest BCUT2D eigenvalue weighted by Crippen LogP contribution is -1.84. The number of hydrogen-bond acceptors (Lipinski definition) is 0. The molecule has 0 aliphatic heterocycles. The van der Waals surface area contributed by atoms with Crippen LogP contribution in [0.4, 0.5) is 0 Å². The van der Waals surface area contributed by atoms with Gasteiger partial charge in [0.15, 0.2) is 0 Å². The monoisotopic (exact) mass is 235 g/mol. The Morgan fingerprint density at radius 3 is 2.69 bits per heavy atom. The molecule has 0 heterocycles. The summed E-state index contributed by atoms with van der Waals surface area (Å²) in [5.74, 6) is 0. The lowest BCUT2D eigenvalue weighted by molar-refractivity contribution is 0.179. The molecule has 65 valence electrons. The van der Waals surface area contributed by atoms with Crippen LogP contribution in [0.2, 0.25) is 0 Å². The number of fused-ring (bicyclic) bond motifs is 1. The Labute approximate surface area is 85.1 Å². The first-order valence-electron chi connectivity index (χ1n) is 4.06. The van der Waals surface area contributed by atoms with Crippen LogP contribution in [0.15, 0.2) is 40.9 Å². The molecule has 0 amide bonds. The van der Waals surface area contributed by atoms with Crippen molar-refractivity contribution in [1.82, 2.24) is 0 Å². The van der Waals surface area contributed by atoms with E-state index < -0.39 is 0 Å². The zero-order valence-corrected chi connectivity index (χ0v) is 8.54. The Morgan fingerprint density at radius 1 is 1.15 bits per heavy atom. The van der Waals surface area contributed by atoms with E-state index in [-0.39, 0.29) is 6.61 Å². The van der Waals surface area contributed by atoms with E-state index in [0.29, 0.717) is 0 Å². The van der Waals surface area contributed by atoms with E-state index in [1.165, 1.54) is 0 Å². The van der Waals surface area contributed by atoms with E-state index >= 15 is 0 Å². The fraction of sp³-hybridized carbons (Fsp3) is 0.0909. The quantitative estimate of drug-likeness (QED) is 0.721. The third-order valence-corrected chi connectivity index (χ3v) is 2.53. The van der Waals surface area contributed by atoms with Gasteiger partial charge in [-0.15, -0.1) is 0 Å². The van der Waals surface area contributed by atoms with Crippen LogP contribution in [-0.4, -0.2) is 0 Å². The second-order valence-corrected chi connectivity index (χ2v) is 3.85. The Kier molecular flexibility index (Phi) is 2.34. The van der Waals surface area contributed by atoms with Crippen molar-refractivity contribution in [2.45, 2.75) is 6.61 Å². The van der Waals surface area contributed by atoms with Gasteiger partial charge in [-0.25, -0.2) is 5.11 Å². The van der Waals surface area contributed by atoms with E-state index in [0.717, 1.165) is 20.8 Å². The van der Waals surface area contributed by atoms with Crippen LogP contribution < -0.4 is 0 Å². The Bertz CT molecular complexity index is 437. The van der Waals surface area contributed by atoms with Crippen molar-refractivity contribution in [1.29, 1.82) is 0 Å². The summed E-state index contributed by atoms with van der Waals surface area (Å²) in [4.78, 5) is 0. The molecule has 1 nitrogen and oxygen atoms in total. The van der Waals surface area contributed by atoms with E-state index in [1.54, 1.807) is 0 Å². The summed E-state index contributed by atoms with van der Waals surface area (Å²) in [7, 11) is 0. The number of halogens is 1. The van der Waals surface area contributed by atoms with Crippen LogP contribution in [0.3, 0.4) is 0 Å². The van der Waals surface area contributed by atoms with E-state index in [2.05, 4.69) is 15.9 Å². The maximum atomic E-state index is 10.9. The predicted molar refractivity (Wildman–Crippen MR) is 56.0 cm³/mol. The number of benzene rings is 2. The van der Waals surface area contributed by atoms with Gasteiger partial charge in [0, 0.05) is 4.47 Å². The molecule has 13 heavy (non-hydrogen) atoms. The van der Waals surface area contributed by atoms with Gasteiger partial charge in [-0.3, -0.25) is 0 Å². The van der Waals surface area contributed by atoms with Gasteiger partial charge in [-0.05, 0) is 28.5 Å². The van der Waals surface area contributed by atoms with Crippen LogP contribution in [-0.2, 0) is 11.7 Å². The van der Waals surface area contributed by atoms with Crippen LogP contribution >= 0.6 is 15.9 Å². The van der Waals surface area contributed by atoms with Crippen LogP contribution in [0.5, 0.6) is 0 Å². The van der Waals surface area contributed by atoms with E-state index in [4.69, 9.17) is 0 Å². The molecule has 2 heteroatoms. The molecule has 2 aromatic rings. The van der Waals surface area contributed by atoms with Gasteiger partial charge < -0.3 is 0 Å². The Hall–Kier alpha value is -0.860. The molecule has 0 N–H and O–H groups in total. The van der Waals surface area contributed by atoms with E-state index in [9.17, 15) is 5.11 Å². The highest BCUT2D eigenvalue weighted by Crippen LogP contribution is 2.24. The van der Waals surface area contributed by atoms with Crippen molar-refractivity contribution in [2.75, 3.05) is 0 Å². The highest BCUT2D eigenvalue weighted by Gasteiger charge is 2.01. The highest BCUT2D eigenvalue weighted by molar-refractivity contribution is 9.10. The first kappa shape index (κ1) is 8.73. The molecule has 1 radical (unpaired) electrons. The van der Waals surface area contributed by atoms with Crippen molar-refractivity contribution in [3.8, 4) is 0 Å². The zero-order chi connectivity index (χ0) is 9.26. The zero-order valence-electron chi connectivity index (χ0n) is 6.96. The molecule has 0 aromatic heterocycles. The average molecular weight is 236 g/mol. The number of hydrogen-bond donors (Lipinski definition) is 0. The van der Waals surface area contributed by atoms with Gasteiger partial charge in [-0.2, -0.15) is 0 Å². The molecule has 0 unspecified atom stereocenters. The summed E-state index contributed by atoms with van der Waals surface area (Å²) >= 11 is 3.39. The van der Waals surface area contributed by atoms with Crippen molar-refractivity contribution in [2.24, 2.45) is 0 Å². The predicted octanol–water partition coefficient (Wildman–Crippen LogP) is 3.53. The molecule has 0 aliphatic carbocycles. The van der Waals surface area contributed by atoms with Crippen molar-refractivity contribution in [3.05, 3.63) is 46.4 Å². The van der Waals surface area contributed by atoms with Crippen molar-refractivity contribution < 1.29 is 5.11 Å². The fourth-order valence-corrected chi connectivity index (χ4v) is 1.99. The van der Waals surface area contributed by atoms with E-state index in [1.807, 2.05) is 36.4 Å². The summed E-state index contributed by atoms with van der Waals surface area (Å²) in [5.41, 5.74) is 0.852. The summed E-state index contributed by atoms with van der Waals surface area (Å²) in [5, 5.41) is 13.0. The normalized spacial score (nSPS) is 10.6. The first-order valence-corrected chi connectivity index (χ1v) is 4.86. The number of rotatable bonds is 1. The molecule has 0 bridgehead atoms. The van der Waals surface area contributed by atoms with Crippen LogP contribution in [0, 0.1) is 0 Å². The third-order valence-electron chi connectivity index (χ3n) is 2.07. The lowest BCUT2D eigenvalue weighted by atomic mass is 10.1. The molecular formula is C11H8BrO. The minimum Gasteiger partial charge on any atom is -0.232 e. The molecule has 0 spiro atoms. The van der Waals surface area contributed by atoms with Gasteiger partial charge in [0.05, 0.1) is 0 Å². The topological polar surface area (TPSA) is 19.9 Å². The molecule has 2 rings (SSSR count). The minimum atomic E-state index is -0.167. The maximum absolute atomic E-state index is 10.9. The molecule has 0 fully saturated rings. The minimum absolute atomic E-state index is 0.167. The average Bonchev–Trinajstić information content (AvgIpc) is 2.16. The molecular weight excluding hydrogens is 228 g/mol. The molecule has 0 saturated carbocycles. The van der Waals surface area contributed by atoms with Crippen LogP contribution in [0.1, 0.15) is 5.56 Å². The second-order valence-electron chi connectivity index (χ2n) is 2.93. The molecule has 2 aromatic carbocycles. The van der Waals surface area contributed by atoms with Gasteiger partial charge >= 0.3 is 0 Å². The Balaban J connectivity index is 2.81. The third kappa shape index (κ3) is 1.60. The standard InChI is InChI=1S/C11H8BrO/c12-10-5-8-3-1-2-4-11(8)9(6-10)7-13/h1-6H,7H2. The summed E-state index contributed by atoms with van der Waals surface area (Å²) in [6, 6.07) is 11.8. The second kappa shape index (κ2) is 3.48. The fourth-order valence-electron chi connectivity index (χ4n) is 1.47. The molecule has 0 aliphatic rings. The van der Waals surface area contributed by atoms with Crippen molar-refractivity contribution in [3.63, 3.8) is 0 Å². The SMILES string of the molecule is [O]Cc1cc(Br)cc2ccccc12. The Morgan fingerprint density at radius 2 is 1.92 bits per heavy atom. The lowest BCUT2D eigenvalue weighted by Gasteiger charge is -2.03. The summed E-state index contributed by atoms with van der Waals surface area (Å²) in [6.07, 6.45) is 0. The van der Waals surface area contributed by atoms with Crippen molar-refractivity contribution >= 4 is 26.7 Å². The summed E-state index contributed by atoms with van der Waals surface area (Å²) in [6.45, 7) is -0.167.